The van der Waals surface area contributed by atoms with Crippen molar-refractivity contribution in [1.29, 1.82) is 0 Å². The standard InChI is InChI=1S/C14H24N2O4S/c1-9(2)16-8-11(7-12(16)13(17)18)21(19,20)15-10(3)14(4,5)6/h7-10,15H,1-6H3,(H,17,18). The summed E-state index contributed by atoms with van der Waals surface area (Å²) in [5, 5.41) is 9.17. The number of carbonyl (C=O) groups is 1. The van der Waals surface area contributed by atoms with Crippen LogP contribution in [0.4, 0.5) is 0 Å². The van der Waals surface area contributed by atoms with Gasteiger partial charge in [0, 0.05) is 18.3 Å². The van der Waals surface area contributed by atoms with Gasteiger partial charge in [-0.25, -0.2) is 17.9 Å². The van der Waals surface area contributed by atoms with E-state index in [1.54, 1.807) is 20.8 Å². The highest BCUT2D eigenvalue weighted by Crippen LogP contribution is 2.23. The van der Waals surface area contributed by atoms with Gasteiger partial charge in [0.2, 0.25) is 10.0 Å². The fourth-order valence-electron chi connectivity index (χ4n) is 1.68. The zero-order valence-corrected chi connectivity index (χ0v) is 14.2. The normalized spacial score (nSPS) is 14.4. The molecule has 0 aromatic carbocycles. The van der Waals surface area contributed by atoms with Crippen LogP contribution in [0.25, 0.3) is 0 Å². The van der Waals surface area contributed by atoms with Gasteiger partial charge < -0.3 is 9.67 Å². The van der Waals surface area contributed by atoms with Crippen molar-refractivity contribution in [2.75, 3.05) is 0 Å². The van der Waals surface area contributed by atoms with Gasteiger partial charge in [-0.3, -0.25) is 0 Å². The lowest BCUT2D eigenvalue weighted by Crippen LogP contribution is -2.41. The van der Waals surface area contributed by atoms with Crippen LogP contribution in [0.15, 0.2) is 17.2 Å². The van der Waals surface area contributed by atoms with Gasteiger partial charge >= 0.3 is 5.97 Å². The van der Waals surface area contributed by atoms with Crippen LogP contribution in [0, 0.1) is 5.41 Å². The van der Waals surface area contributed by atoms with Crippen molar-refractivity contribution >= 4 is 16.0 Å². The molecule has 0 aliphatic heterocycles. The number of hydrogen-bond acceptors (Lipinski definition) is 3. The minimum atomic E-state index is -3.75. The minimum absolute atomic E-state index is 0.0234. The quantitative estimate of drug-likeness (QED) is 0.873. The van der Waals surface area contributed by atoms with Crippen LogP contribution in [0.5, 0.6) is 0 Å². The molecule has 6 nitrogen and oxygen atoms in total. The van der Waals surface area contributed by atoms with Crippen molar-refractivity contribution in [3.63, 3.8) is 0 Å². The molecule has 0 aliphatic rings. The van der Waals surface area contributed by atoms with E-state index < -0.39 is 16.0 Å². The highest BCUT2D eigenvalue weighted by molar-refractivity contribution is 7.89. The highest BCUT2D eigenvalue weighted by Gasteiger charge is 2.28. The molecule has 0 radical (unpaired) electrons. The molecule has 0 spiro atoms. The number of carboxylic acid groups (broad SMARTS) is 1. The molecule has 21 heavy (non-hydrogen) atoms. The molecule has 0 aliphatic carbocycles. The number of carboxylic acids is 1. The maximum atomic E-state index is 12.4. The van der Waals surface area contributed by atoms with Crippen molar-refractivity contribution in [2.45, 2.75) is 58.5 Å². The number of aromatic nitrogens is 1. The molecule has 0 amide bonds. The van der Waals surface area contributed by atoms with Gasteiger partial charge in [-0.15, -0.1) is 0 Å². The molecule has 1 aromatic heterocycles. The van der Waals surface area contributed by atoms with Crippen LogP contribution in [0.3, 0.4) is 0 Å². The first-order valence-corrected chi connectivity index (χ1v) is 8.32. The molecular formula is C14H24N2O4S. The van der Waals surface area contributed by atoms with Gasteiger partial charge in [0.1, 0.15) is 10.6 Å². The SMILES string of the molecule is CC(C)n1cc(S(=O)(=O)NC(C)C(C)(C)C)cc1C(=O)O. The number of nitrogens with one attached hydrogen (secondary N) is 1. The number of rotatable bonds is 5. The van der Waals surface area contributed by atoms with E-state index in [2.05, 4.69) is 4.72 Å². The van der Waals surface area contributed by atoms with Gasteiger partial charge in [0.05, 0.1) is 0 Å². The Balaban J connectivity index is 3.21. The van der Waals surface area contributed by atoms with Gasteiger partial charge in [0.15, 0.2) is 0 Å². The number of sulfonamides is 1. The van der Waals surface area contributed by atoms with E-state index in [0.717, 1.165) is 0 Å². The summed E-state index contributed by atoms with van der Waals surface area (Å²) < 4.78 is 28.8. The largest absolute Gasteiger partial charge is 0.477 e. The number of aromatic carboxylic acids is 1. The second-order valence-corrected chi connectivity index (χ2v) is 8.29. The molecule has 1 aromatic rings. The van der Waals surface area contributed by atoms with E-state index in [9.17, 15) is 13.2 Å². The molecule has 0 fully saturated rings. The first kappa shape index (κ1) is 17.7. The molecule has 0 bridgehead atoms. The molecule has 2 N–H and O–H groups in total. The van der Waals surface area contributed by atoms with Gasteiger partial charge in [0.25, 0.3) is 0 Å². The summed E-state index contributed by atoms with van der Waals surface area (Å²) in [7, 11) is -3.75. The zero-order valence-electron chi connectivity index (χ0n) is 13.3. The molecule has 1 rings (SSSR count). The third-order valence-corrected chi connectivity index (χ3v) is 5.05. The average molecular weight is 316 g/mol. The van der Waals surface area contributed by atoms with Crippen molar-refractivity contribution in [2.24, 2.45) is 5.41 Å². The number of nitrogens with zero attached hydrogens (tertiary/aromatic N) is 1. The van der Waals surface area contributed by atoms with E-state index in [-0.39, 0.29) is 28.1 Å². The Labute approximate surface area is 126 Å². The van der Waals surface area contributed by atoms with E-state index in [4.69, 9.17) is 5.11 Å². The minimum Gasteiger partial charge on any atom is -0.477 e. The maximum Gasteiger partial charge on any atom is 0.352 e. The molecule has 1 atom stereocenters. The number of hydrogen-bond donors (Lipinski definition) is 2. The summed E-state index contributed by atoms with van der Waals surface area (Å²) in [5.41, 5.74) is -0.266. The molecule has 1 heterocycles. The van der Waals surface area contributed by atoms with Gasteiger partial charge in [-0.05, 0) is 32.3 Å². The highest BCUT2D eigenvalue weighted by atomic mass is 32.2. The Hall–Kier alpha value is -1.34. The van der Waals surface area contributed by atoms with Gasteiger partial charge in [-0.2, -0.15) is 0 Å². The summed E-state index contributed by atoms with van der Waals surface area (Å²) in [6.45, 7) is 11.2. The van der Waals surface area contributed by atoms with Crippen LogP contribution < -0.4 is 4.72 Å². The Morgan fingerprint density at radius 3 is 2.14 bits per heavy atom. The third kappa shape index (κ3) is 4.07. The lowest BCUT2D eigenvalue weighted by Gasteiger charge is -2.27. The summed E-state index contributed by atoms with van der Waals surface area (Å²) >= 11 is 0. The van der Waals surface area contributed by atoms with Crippen LogP contribution in [0.2, 0.25) is 0 Å². The summed E-state index contributed by atoms with van der Waals surface area (Å²) in [6.07, 6.45) is 1.37. The molecular weight excluding hydrogens is 292 g/mol. The Morgan fingerprint density at radius 2 is 1.81 bits per heavy atom. The van der Waals surface area contributed by atoms with E-state index in [1.165, 1.54) is 16.8 Å². The first-order chi connectivity index (χ1) is 9.36. The zero-order chi connectivity index (χ0) is 16.6. The molecule has 7 heteroatoms. The smallest absolute Gasteiger partial charge is 0.352 e. The second kappa shape index (κ2) is 5.81. The lowest BCUT2D eigenvalue weighted by molar-refractivity contribution is 0.0683. The average Bonchev–Trinajstić information content (AvgIpc) is 2.72. The van der Waals surface area contributed by atoms with Crippen molar-refractivity contribution < 1.29 is 18.3 Å². The molecule has 0 saturated carbocycles. The van der Waals surface area contributed by atoms with Gasteiger partial charge in [-0.1, -0.05) is 20.8 Å². The predicted molar refractivity (Wildman–Crippen MR) is 81.0 cm³/mol. The monoisotopic (exact) mass is 316 g/mol. The van der Waals surface area contributed by atoms with E-state index in [0.29, 0.717) is 0 Å². The Morgan fingerprint density at radius 1 is 1.29 bits per heavy atom. The van der Waals surface area contributed by atoms with E-state index >= 15 is 0 Å². The topological polar surface area (TPSA) is 88.4 Å². The summed E-state index contributed by atoms with van der Waals surface area (Å²) in [4.78, 5) is 11.2. The first-order valence-electron chi connectivity index (χ1n) is 6.83. The fraction of sp³-hybridized carbons (Fsp3) is 0.643. The molecule has 1 unspecified atom stereocenters. The van der Waals surface area contributed by atoms with Crippen LogP contribution >= 0.6 is 0 Å². The third-order valence-electron chi connectivity index (χ3n) is 3.54. The second-order valence-electron chi connectivity index (χ2n) is 6.58. The summed E-state index contributed by atoms with van der Waals surface area (Å²) in [5.74, 6) is -1.14. The van der Waals surface area contributed by atoms with E-state index in [1.807, 2.05) is 20.8 Å². The Kier molecular flexibility index (Phi) is 4.90. The van der Waals surface area contributed by atoms with Crippen LogP contribution in [-0.2, 0) is 10.0 Å². The predicted octanol–water partition coefficient (Wildman–Crippen LogP) is 2.48. The lowest BCUT2D eigenvalue weighted by atomic mass is 9.89. The van der Waals surface area contributed by atoms with Crippen molar-refractivity contribution in [3.05, 3.63) is 18.0 Å². The maximum absolute atomic E-state index is 12.4. The van der Waals surface area contributed by atoms with Crippen LogP contribution in [0.1, 0.15) is 58.1 Å². The van der Waals surface area contributed by atoms with Crippen LogP contribution in [-0.4, -0.2) is 30.1 Å². The van der Waals surface area contributed by atoms with Crippen molar-refractivity contribution in [3.8, 4) is 0 Å². The molecule has 0 saturated heterocycles. The Bertz CT molecular complexity index is 624. The molecule has 120 valence electrons. The van der Waals surface area contributed by atoms with Crippen molar-refractivity contribution in [1.82, 2.24) is 9.29 Å². The fourth-order valence-corrected chi connectivity index (χ4v) is 3.15. The summed E-state index contributed by atoms with van der Waals surface area (Å²) in [6, 6.07) is 0.776.